The van der Waals surface area contributed by atoms with Crippen LogP contribution < -0.4 is 0 Å². The number of hydrogen-bond donors (Lipinski definition) is 0. The van der Waals surface area contributed by atoms with E-state index in [2.05, 4.69) is 0 Å². The lowest BCUT2D eigenvalue weighted by Crippen LogP contribution is -2.41. The minimum Gasteiger partial charge on any atom is -0.465 e. The van der Waals surface area contributed by atoms with Crippen LogP contribution in [0, 0.1) is 6.92 Å². The van der Waals surface area contributed by atoms with Gasteiger partial charge in [0, 0.05) is 18.0 Å². The van der Waals surface area contributed by atoms with Gasteiger partial charge in [-0.3, -0.25) is 9.59 Å². The molecule has 0 unspecified atom stereocenters. The number of hydrogen-bond acceptors (Lipinski definition) is 5. The first-order valence-corrected chi connectivity index (χ1v) is 9.18. The summed E-state index contributed by atoms with van der Waals surface area (Å²) in [5, 5.41) is 0. The van der Waals surface area contributed by atoms with E-state index in [1.807, 2.05) is 31.2 Å². The lowest BCUT2D eigenvalue weighted by atomic mass is 9.83. The van der Waals surface area contributed by atoms with Crippen molar-refractivity contribution in [3.8, 4) is 0 Å². The largest absolute Gasteiger partial charge is 0.465 e. The number of ether oxygens (including phenoxy) is 2. The number of amides is 1. The fraction of sp³-hybridized carbons (Fsp3) is 0.476. The smallest absolute Gasteiger partial charge is 0.336 e. The van der Waals surface area contributed by atoms with Crippen molar-refractivity contribution in [1.82, 2.24) is 4.90 Å². The van der Waals surface area contributed by atoms with E-state index in [1.165, 1.54) is 4.90 Å². The highest BCUT2D eigenvalue weighted by Crippen LogP contribution is 2.37. The van der Waals surface area contributed by atoms with Crippen LogP contribution in [0.4, 0.5) is 0 Å². The summed E-state index contributed by atoms with van der Waals surface area (Å²) >= 11 is 0. The average molecular weight is 373 g/mol. The average Bonchev–Trinajstić information content (AvgIpc) is 2.58. The van der Waals surface area contributed by atoms with Crippen LogP contribution in [0.3, 0.4) is 0 Å². The molecule has 1 heterocycles. The Balaban J connectivity index is 2.46. The molecule has 0 saturated heterocycles. The molecule has 0 fully saturated rings. The first-order valence-electron chi connectivity index (χ1n) is 9.18. The topological polar surface area (TPSA) is 72.9 Å². The lowest BCUT2D eigenvalue weighted by molar-refractivity contribution is -0.149. The van der Waals surface area contributed by atoms with Gasteiger partial charge in [-0.05, 0) is 40.2 Å². The highest BCUT2D eigenvalue weighted by molar-refractivity contribution is 5.96. The number of esters is 2. The molecule has 1 atom stereocenters. The molecule has 1 aliphatic heterocycles. The third kappa shape index (κ3) is 4.96. The van der Waals surface area contributed by atoms with E-state index in [0.717, 1.165) is 11.1 Å². The van der Waals surface area contributed by atoms with E-state index in [9.17, 15) is 14.4 Å². The maximum absolute atomic E-state index is 12.8. The van der Waals surface area contributed by atoms with Gasteiger partial charge < -0.3 is 14.4 Å². The van der Waals surface area contributed by atoms with Crippen molar-refractivity contribution in [1.29, 1.82) is 0 Å². The van der Waals surface area contributed by atoms with Crippen molar-refractivity contribution in [3.63, 3.8) is 0 Å². The molecule has 2 rings (SSSR count). The Morgan fingerprint density at radius 3 is 2.37 bits per heavy atom. The fourth-order valence-corrected chi connectivity index (χ4v) is 3.16. The van der Waals surface area contributed by atoms with Crippen molar-refractivity contribution >= 4 is 17.8 Å². The summed E-state index contributed by atoms with van der Waals surface area (Å²) in [5.41, 5.74) is 2.82. The van der Waals surface area contributed by atoms with Crippen LogP contribution in [0.5, 0.6) is 0 Å². The number of aryl methyl sites for hydroxylation is 1. The molecule has 27 heavy (non-hydrogen) atoms. The summed E-state index contributed by atoms with van der Waals surface area (Å²) < 4.78 is 10.4. The maximum Gasteiger partial charge on any atom is 0.336 e. The fourth-order valence-electron chi connectivity index (χ4n) is 3.16. The molecule has 1 aromatic carbocycles. The number of carbonyl (C=O) groups is 3. The molecule has 146 valence electrons. The Kier molecular flexibility index (Phi) is 6.77. The standard InChI is InChI=1S/C21H27NO5/c1-6-26-19(24)12-22-15(5)20(21(25)27-13(2)3)17(11-18(22)23)16-9-7-14(4)8-10-16/h7-10,13,17H,6,11-12H2,1-5H3/t17-/m0/s1. The van der Waals surface area contributed by atoms with Crippen LogP contribution in [0.2, 0.25) is 0 Å². The normalized spacial score (nSPS) is 17.3. The second-order valence-corrected chi connectivity index (χ2v) is 6.91. The van der Waals surface area contributed by atoms with Gasteiger partial charge in [0.1, 0.15) is 6.54 Å². The molecule has 0 saturated carbocycles. The van der Waals surface area contributed by atoms with Crippen molar-refractivity contribution in [2.45, 2.75) is 53.1 Å². The third-order valence-electron chi connectivity index (χ3n) is 4.46. The van der Waals surface area contributed by atoms with Gasteiger partial charge in [-0.25, -0.2) is 4.79 Å². The molecular weight excluding hydrogens is 346 g/mol. The molecule has 0 aliphatic carbocycles. The van der Waals surface area contributed by atoms with Gasteiger partial charge in [0.25, 0.3) is 0 Å². The second-order valence-electron chi connectivity index (χ2n) is 6.91. The molecule has 1 aromatic rings. The van der Waals surface area contributed by atoms with E-state index >= 15 is 0 Å². The van der Waals surface area contributed by atoms with Crippen molar-refractivity contribution in [2.24, 2.45) is 0 Å². The van der Waals surface area contributed by atoms with Crippen LogP contribution in [-0.2, 0) is 23.9 Å². The van der Waals surface area contributed by atoms with Crippen molar-refractivity contribution < 1.29 is 23.9 Å². The minimum absolute atomic E-state index is 0.0995. The molecular formula is C21H27NO5. The molecule has 0 aromatic heterocycles. The van der Waals surface area contributed by atoms with E-state index in [0.29, 0.717) is 11.3 Å². The van der Waals surface area contributed by atoms with Gasteiger partial charge in [0.2, 0.25) is 5.91 Å². The Morgan fingerprint density at radius 2 is 1.81 bits per heavy atom. The van der Waals surface area contributed by atoms with Crippen LogP contribution in [0.1, 0.15) is 51.2 Å². The quantitative estimate of drug-likeness (QED) is 0.717. The SMILES string of the molecule is CCOC(=O)CN1C(=O)C[C@@H](c2ccc(C)cc2)C(C(=O)OC(C)C)=C1C. The Bertz CT molecular complexity index is 748. The van der Waals surface area contributed by atoms with Gasteiger partial charge in [0.05, 0.1) is 18.3 Å². The van der Waals surface area contributed by atoms with Gasteiger partial charge in [-0.15, -0.1) is 0 Å². The molecule has 0 radical (unpaired) electrons. The molecule has 0 spiro atoms. The summed E-state index contributed by atoms with van der Waals surface area (Å²) in [7, 11) is 0. The first-order chi connectivity index (χ1) is 12.7. The van der Waals surface area contributed by atoms with Gasteiger partial charge in [0.15, 0.2) is 0 Å². The van der Waals surface area contributed by atoms with Crippen LogP contribution in [0.15, 0.2) is 35.5 Å². The predicted octanol–water partition coefficient (Wildman–Crippen LogP) is 3.10. The van der Waals surface area contributed by atoms with E-state index in [1.54, 1.807) is 27.7 Å². The summed E-state index contributed by atoms with van der Waals surface area (Å²) in [6.45, 7) is 8.94. The third-order valence-corrected chi connectivity index (χ3v) is 4.46. The molecule has 1 amide bonds. The van der Waals surface area contributed by atoms with Gasteiger partial charge in [-0.2, -0.15) is 0 Å². The number of carbonyl (C=O) groups excluding carboxylic acids is 3. The number of nitrogens with zero attached hydrogens (tertiary/aromatic N) is 1. The summed E-state index contributed by atoms with van der Waals surface area (Å²) in [4.78, 5) is 38.7. The highest BCUT2D eigenvalue weighted by atomic mass is 16.5. The molecule has 6 nitrogen and oxygen atoms in total. The molecule has 0 N–H and O–H groups in total. The summed E-state index contributed by atoms with van der Waals surface area (Å²) in [5.74, 6) is -1.58. The predicted molar refractivity (Wildman–Crippen MR) is 101 cm³/mol. The molecule has 0 bridgehead atoms. The van der Waals surface area contributed by atoms with E-state index < -0.39 is 17.9 Å². The van der Waals surface area contributed by atoms with Gasteiger partial charge in [-0.1, -0.05) is 29.8 Å². The van der Waals surface area contributed by atoms with Gasteiger partial charge >= 0.3 is 11.9 Å². The Morgan fingerprint density at radius 1 is 1.19 bits per heavy atom. The zero-order valence-corrected chi connectivity index (χ0v) is 16.6. The highest BCUT2D eigenvalue weighted by Gasteiger charge is 2.38. The second kappa shape index (κ2) is 8.84. The van der Waals surface area contributed by atoms with Crippen LogP contribution in [-0.4, -0.2) is 42.0 Å². The Labute approximate surface area is 160 Å². The molecule has 1 aliphatic rings. The zero-order chi connectivity index (χ0) is 20.1. The van der Waals surface area contributed by atoms with E-state index in [-0.39, 0.29) is 31.6 Å². The minimum atomic E-state index is -0.504. The summed E-state index contributed by atoms with van der Waals surface area (Å²) in [6, 6.07) is 7.74. The van der Waals surface area contributed by atoms with E-state index in [4.69, 9.17) is 9.47 Å². The lowest BCUT2D eigenvalue weighted by Gasteiger charge is -2.34. The van der Waals surface area contributed by atoms with Crippen LogP contribution in [0.25, 0.3) is 0 Å². The van der Waals surface area contributed by atoms with Crippen molar-refractivity contribution in [3.05, 3.63) is 46.7 Å². The van der Waals surface area contributed by atoms with Crippen LogP contribution >= 0.6 is 0 Å². The number of rotatable bonds is 6. The van der Waals surface area contributed by atoms with Crippen molar-refractivity contribution in [2.75, 3.05) is 13.2 Å². The Hall–Kier alpha value is -2.63. The summed E-state index contributed by atoms with van der Waals surface area (Å²) in [6.07, 6.45) is -0.185. The number of allylic oxidation sites excluding steroid dienone is 1. The molecule has 6 heteroatoms. The number of benzene rings is 1. The zero-order valence-electron chi connectivity index (χ0n) is 16.6. The monoisotopic (exact) mass is 373 g/mol. The maximum atomic E-state index is 12.8. The first kappa shape index (κ1) is 20.7.